The summed E-state index contributed by atoms with van der Waals surface area (Å²) in [5, 5.41) is 9.04. The van der Waals surface area contributed by atoms with E-state index in [2.05, 4.69) is 0 Å². The lowest BCUT2D eigenvalue weighted by Gasteiger charge is -2.20. The van der Waals surface area contributed by atoms with Crippen LogP contribution in [0.25, 0.3) is 0 Å². The number of benzene rings is 2. The van der Waals surface area contributed by atoms with Crippen molar-refractivity contribution in [2.45, 2.75) is 6.54 Å². The molecule has 2 aromatic rings. The molecule has 2 rings (SSSR count). The van der Waals surface area contributed by atoms with Crippen LogP contribution in [0.5, 0.6) is 0 Å². The van der Waals surface area contributed by atoms with Crippen molar-refractivity contribution in [3.8, 4) is 6.07 Å². The smallest absolute Gasteiger partial charge is 0.248 e. The first-order valence-electron chi connectivity index (χ1n) is 6.31. The molecule has 1 amide bonds. The van der Waals surface area contributed by atoms with Gasteiger partial charge in [0.1, 0.15) is 17.4 Å². The van der Waals surface area contributed by atoms with Gasteiger partial charge in [-0.15, -0.1) is 0 Å². The van der Waals surface area contributed by atoms with Crippen LogP contribution in [0.1, 0.15) is 21.5 Å². The van der Waals surface area contributed by atoms with Gasteiger partial charge in [0.05, 0.1) is 5.69 Å². The highest BCUT2D eigenvalue weighted by atomic mass is 19.1. The van der Waals surface area contributed by atoms with Crippen molar-refractivity contribution < 1.29 is 9.18 Å². The lowest BCUT2D eigenvalue weighted by Crippen LogP contribution is -2.18. The fourth-order valence-corrected chi connectivity index (χ4v) is 2.07. The zero-order valence-electron chi connectivity index (χ0n) is 11.5. The Balaban J connectivity index is 2.22. The molecule has 0 atom stereocenters. The molecule has 0 spiro atoms. The van der Waals surface area contributed by atoms with Crippen LogP contribution in [0.15, 0.2) is 42.5 Å². The summed E-state index contributed by atoms with van der Waals surface area (Å²) in [5.74, 6) is -1.02. The van der Waals surface area contributed by atoms with E-state index in [0.717, 1.165) is 5.56 Å². The summed E-state index contributed by atoms with van der Waals surface area (Å²) in [7, 11) is 1.78. The normalized spacial score (nSPS) is 9.95. The molecule has 0 aromatic heterocycles. The summed E-state index contributed by atoms with van der Waals surface area (Å²) in [4.78, 5) is 12.8. The maximum absolute atomic E-state index is 13.6. The monoisotopic (exact) mass is 283 g/mol. The third-order valence-electron chi connectivity index (χ3n) is 3.17. The topological polar surface area (TPSA) is 70.1 Å². The Morgan fingerprint density at radius 3 is 2.52 bits per heavy atom. The second-order valence-electron chi connectivity index (χ2n) is 4.66. The van der Waals surface area contributed by atoms with E-state index in [4.69, 9.17) is 11.0 Å². The second kappa shape index (κ2) is 6.06. The molecule has 4 nitrogen and oxygen atoms in total. The van der Waals surface area contributed by atoms with Gasteiger partial charge in [0, 0.05) is 19.2 Å². The average molecular weight is 283 g/mol. The zero-order chi connectivity index (χ0) is 15.4. The maximum atomic E-state index is 13.6. The van der Waals surface area contributed by atoms with Gasteiger partial charge in [0.15, 0.2) is 0 Å². The zero-order valence-corrected chi connectivity index (χ0v) is 11.5. The number of primary amides is 1. The number of nitriles is 1. The molecular weight excluding hydrogens is 269 g/mol. The summed E-state index contributed by atoms with van der Waals surface area (Å²) in [5.41, 5.74) is 7.09. The largest absolute Gasteiger partial charge is 0.369 e. The lowest BCUT2D eigenvalue weighted by molar-refractivity contribution is 0.100. The van der Waals surface area contributed by atoms with E-state index in [1.54, 1.807) is 48.3 Å². The first-order chi connectivity index (χ1) is 10.0. The van der Waals surface area contributed by atoms with E-state index in [0.29, 0.717) is 17.8 Å². The molecule has 5 heteroatoms. The highest BCUT2D eigenvalue weighted by Gasteiger charge is 2.12. The Labute approximate surface area is 122 Å². The number of carbonyl (C=O) groups is 1. The fraction of sp³-hybridized carbons (Fsp3) is 0.125. The van der Waals surface area contributed by atoms with Crippen LogP contribution in [0.4, 0.5) is 10.1 Å². The average Bonchev–Trinajstić information content (AvgIpc) is 2.47. The van der Waals surface area contributed by atoms with Gasteiger partial charge in [0.2, 0.25) is 5.91 Å². The van der Waals surface area contributed by atoms with E-state index >= 15 is 0 Å². The van der Waals surface area contributed by atoms with E-state index in [1.165, 1.54) is 6.07 Å². The third-order valence-corrected chi connectivity index (χ3v) is 3.17. The summed E-state index contributed by atoms with van der Waals surface area (Å²) in [6, 6.07) is 13.2. The number of hydrogen-bond donors (Lipinski definition) is 1. The van der Waals surface area contributed by atoms with Crippen LogP contribution in [0.2, 0.25) is 0 Å². The Morgan fingerprint density at radius 2 is 1.95 bits per heavy atom. The van der Waals surface area contributed by atoms with E-state index in [1.807, 2.05) is 6.07 Å². The van der Waals surface area contributed by atoms with E-state index < -0.39 is 11.7 Å². The van der Waals surface area contributed by atoms with Crippen LogP contribution in [-0.2, 0) is 6.54 Å². The number of rotatable bonds is 4. The predicted octanol–water partition coefficient (Wildman–Crippen LogP) is 2.43. The van der Waals surface area contributed by atoms with Crippen molar-refractivity contribution in [1.29, 1.82) is 5.26 Å². The predicted molar refractivity (Wildman–Crippen MR) is 78.2 cm³/mol. The Kier molecular flexibility index (Phi) is 4.19. The lowest BCUT2D eigenvalue weighted by atomic mass is 10.1. The molecule has 0 aliphatic heterocycles. The fourth-order valence-electron chi connectivity index (χ4n) is 2.07. The molecule has 0 heterocycles. The minimum Gasteiger partial charge on any atom is -0.369 e. The SMILES string of the molecule is CN(Cc1ccc(C(N)=O)cc1)c1cccc(F)c1C#N. The van der Waals surface area contributed by atoms with Gasteiger partial charge in [-0.2, -0.15) is 5.26 Å². The van der Waals surface area contributed by atoms with Crippen molar-refractivity contribution in [1.82, 2.24) is 0 Å². The van der Waals surface area contributed by atoms with Gasteiger partial charge in [0.25, 0.3) is 0 Å². The maximum Gasteiger partial charge on any atom is 0.248 e. The summed E-state index contributed by atoms with van der Waals surface area (Å²) < 4.78 is 13.6. The highest BCUT2D eigenvalue weighted by Crippen LogP contribution is 2.23. The molecule has 0 aliphatic carbocycles. The number of hydrogen-bond acceptors (Lipinski definition) is 3. The Bertz CT molecular complexity index is 704. The molecule has 0 unspecified atom stereocenters. The van der Waals surface area contributed by atoms with Crippen molar-refractivity contribution in [2.24, 2.45) is 5.73 Å². The van der Waals surface area contributed by atoms with Crippen molar-refractivity contribution >= 4 is 11.6 Å². The van der Waals surface area contributed by atoms with Crippen molar-refractivity contribution in [2.75, 3.05) is 11.9 Å². The molecule has 0 fully saturated rings. The molecule has 0 aliphatic rings. The molecule has 0 bridgehead atoms. The molecular formula is C16H14FN3O. The summed E-state index contributed by atoms with van der Waals surface area (Å²) in [6.07, 6.45) is 0. The van der Waals surface area contributed by atoms with Gasteiger partial charge in [-0.25, -0.2) is 4.39 Å². The molecule has 0 saturated heterocycles. The van der Waals surface area contributed by atoms with E-state index in [9.17, 15) is 9.18 Å². The second-order valence-corrected chi connectivity index (χ2v) is 4.66. The minimum atomic E-state index is -0.536. The first-order valence-corrected chi connectivity index (χ1v) is 6.31. The van der Waals surface area contributed by atoms with Crippen LogP contribution in [0.3, 0.4) is 0 Å². The quantitative estimate of drug-likeness (QED) is 0.936. The molecule has 106 valence electrons. The number of nitrogens with zero attached hydrogens (tertiary/aromatic N) is 2. The third kappa shape index (κ3) is 3.18. The standard InChI is InChI=1S/C16H14FN3O/c1-20(15-4-2-3-14(17)13(15)9-18)10-11-5-7-12(8-6-11)16(19)21/h2-8H,10H2,1H3,(H2,19,21). The van der Waals surface area contributed by atoms with Gasteiger partial charge in [-0.3, -0.25) is 4.79 Å². The van der Waals surface area contributed by atoms with Gasteiger partial charge in [-0.05, 0) is 29.8 Å². The van der Waals surface area contributed by atoms with Gasteiger partial charge < -0.3 is 10.6 Å². The number of anilines is 1. The molecule has 2 aromatic carbocycles. The van der Waals surface area contributed by atoms with Crippen LogP contribution in [0, 0.1) is 17.1 Å². The number of amides is 1. The Morgan fingerprint density at radius 1 is 1.29 bits per heavy atom. The van der Waals surface area contributed by atoms with Crippen LogP contribution >= 0.6 is 0 Å². The van der Waals surface area contributed by atoms with Crippen molar-refractivity contribution in [3.63, 3.8) is 0 Å². The molecule has 0 radical (unpaired) electrons. The first kappa shape index (κ1) is 14.5. The van der Waals surface area contributed by atoms with Crippen LogP contribution in [-0.4, -0.2) is 13.0 Å². The summed E-state index contributed by atoms with van der Waals surface area (Å²) in [6.45, 7) is 0.483. The Hall–Kier alpha value is -2.87. The highest BCUT2D eigenvalue weighted by molar-refractivity contribution is 5.92. The summed E-state index contributed by atoms with van der Waals surface area (Å²) >= 11 is 0. The van der Waals surface area contributed by atoms with Gasteiger partial charge in [-0.1, -0.05) is 18.2 Å². The molecule has 21 heavy (non-hydrogen) atoms. The molecule has 0 saturated carbocycles. The number of halogens is 1. The number of carbonyl (C=O) groups excluding carboxylic acids is 1. The number of nitrogens with two attached hydrogens (primary N) is 1. The van der Waals surface area contributed by atoms with Crippen molar-refractivity contribution in [3.05, 3.63) is 65.0 Å². The molecule has 2 N–H and O–H groups in total. The minimum absolute atomic E-state index is 0.0220. The van der Waals surface area contributed by atoms with E-state index in [-0.39, 0.29) is 5.56 Å². The van der Waals surface area contributed by atoms with Crippen LogP contribution < -0.4 is 10.6 Å². The van der Waals surface area contributed by atoms with Gasteiger partial charge >= 0.3 is 0 Å².